The molecular formula is C25H32BrN3O5. The first kappa shape index (κ1) is 24.8. The van der Waals surface area contributed by atoms with Gasteiger partial charge in [0.15, 0.2) is 17.6 Å². The van der Waals surface area contributed by atoms with Crippen molar-refractivity contribution in [2.75, 3.05) is 58.3 Å². The average Bonchev–Trinajstić information content (AvgIpc) is 2.84. The monoisotopic (exact) mass is 533 g/mol. The number of halogens is 1. The third kappa shape index (κ3) is 6.21. The Kier molecular flexibility index (Phi) is 8.31. The lowest BCUT2D eigenvalue weighted by Crippen LogP contribution is -2.53. The van der Waals surface area contributed by atoms with Crippen LogP contribution in [0.5, 0.6) is 17.2 Å². The largest absolute Gasteiger partial charge is 0.497 e. The molecule has 1 amide bonds. The number of nitrogens with one attached hydrogen (secondary N) is 1. The number of hydrogen-bond donors (Lipinski definition) is 2. The van der Waals surface area contributed by atoms with Crippen molar-refractivity contribution in [3.05, 3.63) is 46.4 Å². The molecule has 0 radical (unpaired) electrons. The maximum absolute atomic E-state index is 12.5. The van der Waals surface area contributed by atoms with Crippen LogP contribution in [0, 0.1) is 0 Å². The number of aryl methyl sites for hydroxylation is 1. The summed E-state index contributed by atoms with van der Waals surface area (Å²) >= 11 is 3.55. The van der Waals surface area contributed by atoms with E-state index in [1.54, 1.807) is 19.2 Å². The molecule has 2 aliphatic rings. The van der Waals surface area contributed by atoms with Gasteiger partial charge in [-0.1, -0.05) is 28.9 Å². The number of methoxy groups -OCH3 is 1. The first-order valence-electron chi connectivity index (χ1n) is 11.6. The Morgan fingerprint density at radius 1 is 1.18 bits per heavy atom. The minimum Gasteiger partial charge on any atom is -0.497 e. The predicted molar refractivity (Wildman–Crippen MR) is 134 cm³/mol. The van der Waals surface area contributed by atoms with Crippen LogP contribution in [-0.4, -0.2) is 86.0 Å². The van der Waals surface area contributed by atoms with Crippen molar-refractivity contribution in [3.63, 3.8) is 0 Å². The van der Waals surface area contributed by atoms with E-state index in [4.69, 9.17) is 14.2 Å². The van der Waals surface area contributed by atoms with Crippen LogP contribution < -0.4 is 19.5 Å². The van der Waals surface area contributed by atoms with E-state index < -0.39 is 12.2 Å². The SMILES string of the molecule is CCc1ccc(NC(=O)CN2CCN(CC(O)C3COc4cc(OC)ccc4O3)CC2)cc1Br. The van der Waals surface area contributed by atoms with E-state index in [0.29, 0.717) is 30.3 Å². The van der Waals surface area contributed by atoms with Gasteiger partial charge in [-0.15, -0.1) is 0 Å². The van der Waals surface area contributed by atoms with E-state index in [1.807, 2.05) is 24.3 Å². The highest BCUT2D eigenvalue weighted by Gasteiger charge is 2.30. The molecule has 9 heteroatoms. The second-order valence-electron chi connectivity index (χ2n) is 8.63. The zero-order chi connectivity index (χ0) is 24.1. The summed E-state index contributed by atoms with van der Waals surface area (Å²) in [5, 5.41) is 13.7. The fourth-order valence-corrected chi connectivity index (χ4v) is 4.87. The summed E-state index contributed by atoms with van der Waals surface area (Å²) in [4.78, 5) is 16.8. The van der Waals surface area contributed by atoms with Gasteiger partial charge in [-0.25, -0.2) is 0 Å². The minimum atomic E-state index is -0.672. The number of carbonyl (C=O) groups excluding carboxylic acids is 1. The van der Waals surface area contributed by atoms with E-state index in [-0.39, 0.29) is 12.5 Å². The van der Waals surface area contributed by atoms with Crippen molar-refractivity contribution in [2.45, 2.75) is 25.6 Å². The number of carbonyl (C=O) groups is 1. The van der Waals surface area contributed by atoms with Gasteiger partial charge in [-0.3, -0.25) is 14.6 Å². The molecule has 0 saturated carbocycles. The molecule has 0 aromatic heterocycles. The number of piperazine rings is 1. The van der Waals surface area contributed by atoms with Gasteiger partial charge >= 0.3 is 0 Å². The Hall–Kier alpha value is -2.33. The predicted octanol–water partition coefficient (Wildman–Crippen LogP) is 2.78. The number of β-amino-alcohol motifs (C(OH)–C–C–N with tert-alkyl or cyclic N) is 1. The molecule has 184 valence electrons. The van der Waals surface area contributed by atoms with Crippen molar-refractivity contribution >= 4 is 27.5 Å². The standard InChI is InChI=1S/C25H32BrN3O5/c1-3-17-4-5-18(12-20(17)26)27-25(31)15-29-10-8-28(9-11-29)14-21(30)24-16-33-23-13-19(32-2)6-7-22(23)34-24/h4-7,12-13,21,24,30H,3,8-11,14-16H2,1-2H3,(H,27,31). The molecule has 1 fully saturated rings. The smallest absolute Gasteiger partial charge is 0.238 e. The first-order chi connectivity index (χ1) is 16.4. The second kappa shape index (κ2) is 11.4. The highest BCUT2D eigenvalue weighted by Crippen LogP contribution is 2.35. The van der Waals surface area contributed by atoms with E-state index in [2.05, 4.69) is 38.0 Å². The van der Waals surface area contributed by atoms with Crippen LogP contribution >= 0.6 is 15.9 Å². The normalized spacial score (nSPS) is 19.5. The highest BCUT2D eigenvalue weighted by molar-refractivity contribution is 9.10. The van der Waals surface area contributed by atoms with Crippen LogP contribution in [0.2, 0.25) is 0 Å². The van der Waals surface area contributed by atoms with Gasteiger partial charge in [-0.05, 0) is 36.2 Å². The van der Waals surface area contributed by atoms with Gasteiger partial charge in [0.1, 0.15) is 18.5 Å². The summed E-state index contributed by atoms with van der Waals surface area (Å²) in [7, 11) is 1.61. The van der Waals surface area contributed by atoms with E-state index in [0.717, 1.165) is 42.8 Å². The number of anilines is 1. The summed E-state index contributed by atoms with van der Waals surface area (Å²) < 4.78 is 18.0. The number of amides is 1. The Balaban J connectivity index is 1.20. The fraction of sp³-hybridized carbons (Fsp3) is 0.480. The van der Waals surface area contributed by atoms with Crippen molar-refractivity contribution in [1.29, 1.82) is 0 Å². The number of aliphatic hydroxyl groups excluding tert-OH is 1. The minimum absolute atomic E-state index is 0.0207. The summed E-state index contributed by atoms with van der Waals surface area (Å²) in [5.74, 6) is 1.93. The van der Waals surface area contributed by atoms with Gasteiger partial charge in [0, 0.05) is 49.0 Å². The summed E-state index contributed by atoms with van der Waals surface area (Å²) in [6.07, 6.45) is -0.159. The van der Waals surface area contributed by atoms with Crippen molar-refractivity contribution < 1.29 is 24.1 Å². The van der Waals surface area contributed by atoms with Gasteiger partial charge < -0.3 is 24.6 Å². The van der Waals surface area contributed by atoms with Crippen LogP contribution in [-0.2, 0) is 11.2 Å². The highest BCUT2D eigenvalue weighted by atomic mass is 79.9. The summed E-state index contributed by atoms with van der Waals surface area (Å²) in [5.41, 5.74) is 2.01. The van der Waals surface area contributed by atoms with E-state index in [1.165, 1.54) is 5.56 Å². The van der Waals surface area contributed by atoms with E-state index in [9.17, 15) is 9.90 Å². The number of aliphatic hydroxyl groups is 1. The van der Waals surface area contributed by atoms with Gasteiger partial charge in [0.25, 0.3) is 0 Å². The lowest BCUT2D eigenvalue weighted by molar-refractivity contribution is -0.117. The Bertz CT molecular complexity index is 997. The number of ether oxygens (including phenoxy) is 3. The average molecular weight is 534 g/mol. The van der Waals surface area contributed by atoms with Crippen LogP contribution in [0.4, 0.5) is 5.69 Å². The zero-order valence-electron chi connectivity index (χ0n) is 19.6. The fourth-order valence-electron chi connectivity index (χ4n) is 4.21. The third-order valence-corrected chi connectivity index (χ3v) is 6.99. The molecule has 2 aliphatic heterocycles. The van der Waals surface area contributed by atoms with Crippen molar-refractivity contribution in [3.8, 4) is 17.2 Å². The lowest BCUT2D eigenvalue weighted by atomic mass is 10.1. The number of hydrogen-bond acceptors (Lipinski definition) is 7. The molecule has 2 aromatic carbocycles. The molecule has 2 unspecified atom stereocenters. The Labute approximate surface area is 208 Å². The van der Waals surface area contributed by atoms with Crippen LogP contribution in [0.25, 0.3) is 0 Å². The van der Waals surface area contributed by atoms with Crippen molar-refractivity contribution in [2.24, 2.45) is 0 Å². The molecule has 2 heterocycles. The number of nitrogens with zero attached hydrogens (tertiary/aromatic N) is 2. The zero-order valence-corrected chi connectivity index (χ0v) is 21.2. The molecule has 0 bridgehead atoms. The topological polar surface area (TPSA) is 83.5 Å². The molecule has 0 spiro atoms. The number of fused-ring (bicyclic) bond motifs is 1. The molecule has 2 atom stereocenters. The lowest BCUT2D eigenvalue weighted by Gasteiger charge is -2.37. The Morgan fingerprint density at radius 2 is 1.94 bits per heavy atom. The van der Waals surface area contributed by atoms with Gasteiger partial charge in [-0.2, -0.15) is 0 Å². The second-order valence-corrected chi connectivity index (χ2v) is 9.49. The first-order valence-corrected chi connectivity index (χ1v) is 12.4. The molecule has 1 saturated heterocycles. The van der Waals surface area contributed by atoms with Gasteiger partial charge in [0.2, 0.25) is 5.91 Å². The summed E-state index contributed by atoms with van der Waals surface area (Å²) in [6, 6.07) is 11.3. The molecule has 2 N–H and O–H groups in total. The molecule has 4 rings (SSSR count). The summed E-state index contributed by atoms with van der Waals surface area (Å²) in [6.45, 7) is 6.33. The third-order valence-electron chi connectivity index (χ3n) is 6.26. The molecule has 34 heavy (non-hydrogen) atoms. The van der Waals surface area contributed by atoms with Crippen LogP contribution in [0.3, 0.4) is 0 Å². The number of rotatable bonds is 8. The van der Waals surface area contributed by atoms with Crippen LogP contribution in [0.1, 0.15) is 12.5 Å². The quantitative estimate of drug-likeness (QED) is 0.539. The van der Waals surface area contributed by atoms with Gasteiger partial charge in [0.05, 0.1) is 13.7 Å². The molecular weight excluding hydrogens is 502 g/mol. The maximum Gasteiger partial charge on any atom is 0.238 e. The van der Waals surface area contributed by atoms with Crippen molar-refractivity contribution in [1.82, 2.24) is 9.80 Å². The maximum atomic E-state index is 12.5. The molecule has 2 aromatic rings. The number of benzene rings is 2. The molecule has 0 aliphatic carbocycles. The van der Waals surface area contributed by atoms with Crippen LogP contribution in [0.15, 0.2) is 40.9 Å². The Morgan fingerprint density at radius 3 is 2.65 bits per heavy atom. The van der Waals surface area contributed by atoms with E-state index >= 15 is 0 Å². The molecule has 8 nitrogen and oxygen atoms in total.